The van der Waals surface area contributed by atoms with Crippen LogP contribution in [-0.4, -0.2) is 49.9 Å². The second-order valence-electron chi connectivity index (χ2n) is 8.55. The Kier molecular flexibility index (Phi) is 6.95. The zero-order chi connectivity index (χ0) is 25.2. The van der Waals surface area contributed by atoms with Gasteiger partial charge >= 0.3 is 6.18 Å². The van der Waals surface area contributed by atoms with Crippen molar-refractivity contribution in [2.24, 2.45) is 5.92 Å². The molecule has 11 heteroatoms. The summed E-state index contributed by atoms with van der Waals surface area (Å²) < 4.78 is 53.3. The van der Waals surface area contributed by atoms with Crippen molar-refractivity contribution < 1.29 is 22.4 Å². The normalized spacial score (nSPS) is 18.4. The Hall–Kier alpha value is -3.63. The topological polar surface area (TPSA) is 83.9 Å². The maximum Gasteiger partial charge on any atom is 0.419 e. The number of hydrogen-bond acceptors (Lipinski definition) is 6. The van der Waals surface area contributed by atoms with Crippen molar-refractivity contribution in [2.45, 2.75) is 38.9 Å². The largest absolute Gasteiger partial charge is 0.419 e. The highest BCUT2D eigenvalue weighted by atomic mass is 19.4. The van der Waals surface area contributed by atoms with Gasteiger partial charge in [-0.2, -0.15) is 13.2 Å². The van der Waals surface area contributed by atoms with E-state index >= 15 is 0 Å². The van der Waals surface area contributed by atoms with E-state index in [9.17, 15) is 22.4 Å². The number of halogens is 4. The Morgan fingerprint density at radius 3 is 2.49 bits per heavy atom. The SMILES string of the molecule is Cc1ccc(F)c(-c2ncccn2)c1C(=O)N1CCC[C@@H](C)C1CNc1ncc(C(F)(F)F)cn1. The fourth-order valence-electron chi connectivity index (χ4n) is 4.32. The smallest absolute Gasteiger partial charge is 0.352 e. The van der Waals surface area contributed by atoms with Crippen LogP contribution in [0, 0.1) is 18.7 Å². The molecule has 2 atom stereocenters. The number of amides is 1. The molecule has 1 aliphatic rings. The summed E-state index contributed by atoms with van der Waals surface area (Å²) in [4.78, 5) is 31.3. The number of carbonyl (C=O) groups excluding carboxylic acids is 1. The minimum absolute atomic E-state index is 0.0310. The number of alkyl halides is 3. The van der Waals surface area contributed by atoms with Gasteiger partial charge in [0.1, 0.15) is 5.82 Å². The monoisotopic (exact) mass is 488 g/mol. The number of benzene rings is 1. The Morgan fingerprint density at radius 1 is 1.14 bits per heavy atom. The summed E-state index contributed by atoms with van der Waals surface area (Å²) in [5.41, 5.74) is -0.106. The first-order valence-electron chi connectivity index (χ1n) is 11.2. The van der Waals surface area contributed by atoms with Gasteiger partial charge < -0.3 is 10.2 Å². The molecular weight excluding hydrogens is 464 g/mol. The summed E-state index contributed by atoms with van der Waals surface area (Å²) in [7, 11) is 0. The quantitative estimate of drug-likeness (QED) is 0.522. The third kappa shape index (κ3) is 5.23. The molecule has 7 nitrogen and oxygen atoms in total. The molecule has 0 saturated carbocycles. The van der Waals surface area contributed by atoms with E-state index in [1.807, 2.05) is 6.92 Å². The molecule has 0 spiro atoms. The van der Waals surface area contributed by atoms with Crippen molar-refractivity contribution >= 4 is 11.9 Å². The van der Waals surface area contributed by atoms with Gasteiger partial charge in [-0.05, 0) is 43.4 Å². The lowest BCUT2D eigenvalue weighted by molar-refractivity contribution is -0.138. The van der Waals surface area contributed by atoms with Gasteiger partial charge in [0.05, 0.1) is 22.7 Å². The number of aromatic nitrogens is 4. The van der Waals surface area contributed by atoms with Crippen LogP contribution in [0.4, 0.5) is 23.5 Å². The molecule has 0 aliphatic carbocycles. The third-order valence-electron chi connectivity index (χ3n) is 6.19. The zero-order valence-corrected chi connectivity index (χ0v) is 19.2. The average Bonchev–Trinajstić information content (AvgIpc) is 2.84. The molecule has 0 bridgehead atoms. The van der Waals surface area contributed by atoms with E-state index in [1.165, 1.54) is 18.5 Å². The first-order chi connectivity index (χ1) is 16.7. The molecule has 4 rings (SSSR count). The van der Waals surface area contributed by atoms with E-state index in [4.69, 9.17) is 0 Å². The van der Waals surface area contributed by atoms with Crippen LogP contribution >= 0.6 is 0 Å². The first kappa shape index (κ1) is 24.5. The van der Waals surface area contributed by atoms with E-state index in [0.29, 0.717) is 24.5 Å². The summed E-state index contributed by atoms with van der Waals surface area (Å²) in [5.74, 6) is -0.711. The maximum absolute atomic E-state index is 14.9. The molecule has 1 N–H and O–H groups in total. The van der Waals surface area contributed by atoms with E-state index in [-0.39, 0.29) is 47.3 Å². The lowest BCUT2D eigenvalue weighted by Crippen LogP contribution is -2.51. The van der Waals surface area contributed by atoms with Crippen LogP contribution in [-0.2, 0) is 6.18 Å². The predicted molar refractivity (Wildman–Crippen MR) is 121 cm³/mol. The summed E-state index contributed by atoms with van der Waals surface area (Å²) in [6, 6.07) is 4.13. The van der Waals surface area contributed by atoms with Crippen LogP contribution in [0.3, 0.4) is 0 Å². The number of carbonyl (C=O) groups is 1. The van der Waals surface area contributed by atoms with Crippen LogP contribution in [0.5, 0.6) is 0 Å². The standard InChI is InChI=1S/C24H24F4N6O/c1-14-5-3-10-34(18(14)13-33-23-31-11-16(12-32-23)24(26,27)28)22(35)19-15(2)6-7-17(25)20(19)21-29-8-4-9-30-21/h4,6-9,11-12,14,18H,3,5,10,13H2,1-2H3,(H,31,32,33)/t14-,18?/m1/s1. The number of likely N-dealkylation sites (tertiary alicyclic amines) is 1. The summed E-state index contributed by atoms with van der Waals surface area (Å²) in [5, 5.41) is 2.95. The van der Waals surface area contributed by atoms with Crippen LogP contribution in [0.25, 0.3) is 11.4 Å². The molecule has 0 radical (unpaired) electrons. The van der Waals surface area contributed by atoms with Crippen molar-refractivity contribution in [2.75, 3.05) is 18.4 Å². The van der Waals surface area contributed by atoms with E-state index < -0.39 is 17.6 Å². The molecule has 1 amide bonds. The Labute approximate surface area is 199 Å². The number of anilines is 1. The average molecular weight is 488 g/mol. The van der Waals surface area contributed by atoms with Crippen molar-refractivity contribution in [1.29, 1.82) is 0 Å². The van der Waals surface area contributed by atoms with Gasteiger partial charge in [0.2, 0.25) is 5.95 Å². The number of nitrogens with one attached hydrogen (secondary N) is 1. The maximum atomic E-state index is 14.9. The van der Waals surface area contributed by atoms with E-state index in [2.05, 4.69) is 25.3 Å². The Bertz CT molecular complexity index is 1190. The molecule has 3 heterocycles. The van der Waals surface area contributed by atoms with Gasteiger partial charge in [-0.1, -0.05) is 13.0 Å². The van der Waals surface area contributed by atoms with Crippen molar-refractivity contribution in [3.05, 3.63) is 65.5 Å². The number of aryl methyl sites for hydroxylation is 1. The van der Waals surface area contributed by atoms with Gasteiger partial charge in [-0.3, -0.25) is 4.79 Å². The highest BCUT2D eigenvalue weighted by Gasteiger charge is 2.35. The van der Waals surface area contributed by atoms with Crippen LogP contribution in [0.2, 0.25) is 0 Å². The number of rotatable bonds is 5. The molecule has 1 saturated heterocycles. The minimum atomic E-state index is -4.53. The molecule has 1 aliphatic heterocycles. The van der Waals surface area contributed by atoms with E-state index in [1.54, 1.807) is 24.0 Å². The first-order valence-corrected chi connectivity index (χ1v) is 11.2. The van der Waals surface area contributed by atoms with E-state index in [0.717, 1.165) is 12.8 Å². The highest BCUT2D eigenvalue weighted by molar-refractivity contribution is 6.02. The predicted octanol–water partition coefficient (Wildman–Crippen LogP) is 4.75. The van der Waals surface area contributed by atoms with Crippen LogP contribution in [0.15, 0.2) is 43.0 Å². The summed E-state index contributed by atoms with van der Waals surface area (Å²) in [6.07, 6.45) is 1.50. The molecule has 2 aromatic heterocycles. The second-order valence-corrected chi connectivity index (χ2v) is 8.55. The lowest BCUT2D eigenvalue weighted by atomic mass is 9.89. The van der Waals surface area contributed by atoms with Gasteiger partial charge in [-0.25, -0.2) is 24.3 Å². The second kappa shape index (κ2) is 9.93. The number of nitrogens with zero attached hydrogens (tertiary/aromatic N) is 5. The fraction of sp³-hybridized carbons (Fsp3) is 0.375. The molecule has 35 heavy (non-hydrogen) atoms. The highest BCUT2D eigenvalue weighted by Crippen LogP contribution is 2.32. The molecule has 1 unspecified atom stereocenters. The Morgan fingerprint density at radius 2 is 1.83 bits per heavy atom. The van der Waals surface area contributed by atoms with Gasteiger partial charge in [0.25, 0.3) is 5.91 Å². The van der Waals surface area contributed by atoms with Gasteiger partial charge in [0, 0.05) is 37.9 Å². The third-order valence-corrected chi connectivity index (χ3v) is 6.19. The summed E-state index contributed by atoms with van der Waals surface area (Å²) >= 11 is 0. The summed E-state index contributed by atoms with van der Waals surface area (Å²) in [6.45, 7) is 4.41. The van der Waals surface area contributed by atoms with Crippen LogP contribution in [0.1, 0.15) is 41.3 Å². The number of hydrogen-bond donors (Lipinski definition) is 1. The minimum Gasteiger partial charge on any atom is -0.352 e. The zero-order valence-electron chi connectivity index (χ0n) is 19.2. The van der Waals surface area contributed by atoms with Crippen molar-refractivity contribution in [3.63, 3.8) is 0 Å². The lowest BCUT2D eigenvalue weighted by Gasteiger charge is -2.40. The van der Waals surface area contributed by atoms with Gasteiger partial charge in [0.15, 0.2) is 5.82 Å². The molecule has 3 aromatic rings. The Balaban J connectivity index is 1.61. The molecular formula is C24H24F4N6O. The molecule has 1 fully saturated rings. The number of piperidine rings is 1. The van der Waals surface area contributed by atoms with Gasteiger partial charge in [-0.15, -0.1) is 0 Å². The molecule has 1 aromatic carbocycles. The van der Waals surface area contributed by atoms with Crippen molar-refractivity contribution in [3.8, 4) is 11.4 Å². The molecule has 184 valence electrons. The van der Waals surface area contributed by atoms with Crippen molar-refractivity contribution in [1.82, 2.24) is 24.8 Å². The fourth-order valence-corrected chi connectivity index (χ4v) is 4.32. The van der Waals surface area contributed by atoms with Crippen LogP contribution < -0.4 is 5.32 Å².